The second-order valence-electron chi connectivity index (χ2n) is 6.78. The normalized spacial score (nSPS) is 25.7. The molecule has 26 heavy (non-hydrogen) atoms. The van der Waals surface area contributed by atoms with Gasteiger partial charge in [-0.05, 0) is 70.7 Å². The molecule has 0 spiro atoms. The molecule has 1 saturated heterocycles. The molecule has 1 aromatic rings. The van der Waals surface area contributed by atoms with Gasteiger partial charge in [0.05, 0.1) is 28.8 Å². The molecule has 1 saturated carbocycles. The molecule has 2 fully saturated rings. The lowest BCUT2D eigenvalue weighted by molar-refractivity contribution is 0.163. The number of ether oxygens (including phenoxy) is 1. The highest BCUT2D eigenvalue weighted by molar-refractivity contribution is 6.30. The van der Waals surface area contributed by atoms with E-state index in [0.29, 0.717) is 17.7 Å². The van der Waals surface area contributed by atoms with Gasteiger partial charge in [-0.2, -0.15) is 5.26 Å². The third-order valence-electron chi connectivity index (χ3n) is 5.18. The Kier molecular flexibility index (Phi) is 7.67. The van der Waals surface area contributed by atoms with E-state index in [9.17, 15) is 10.1 Å². The summed E-state index contributed by atoms with van der Waals surface area (Å²) in [6, 6.07) is 6.97. The van der Waals surface area contributed by atoms with Crippen LogP contribution in [0.15, 0.2) is 18.3 Å². The Morgan fingerprint density at radius 2 is 2.08 bits per heavy atom. The van der Waals surface area contributed by atoms with Gasteiger partial charge in [0.1, 0.15) is 0 Å². The van der Waals surface area contributed by atoms with Gasteiger partial charge < -0.3 is 15.4 Å². The Morgan fingerprint density at radius 1 is 1.42 bits per heavy atom. The number of nitrogens with two attached hydrogens (primary N) is 1. The Hall–Kier alpha value is -1.84. The number of amides is 1. The minimum Gasteiger partial charge on any atom is -0.450 e. The number of carbonyl (C=O) groups excluding carboxylic acids is 1. The first kappa shape index (κ1) is 20.5. The number of hydrogen-bond acceptors (Lipinski definition) is 5. The van der Waals surface area contributed by atoms with E-state index in [1.165, 1.54) is 25.9 Å². The summed E-state index contributed by atoms with van der Waals surface area (Å²) in [5.74, 6) is 0. The SMILES string of the molecule is CCOC(N)=O.N#CC1(c2ccc(Cl)cn2)CCC(N2CCCC2)CC1. The van der Waals surface area contributed by atoms with Crippen LogP contribution in [0.2, 0.25) is 5.02 Å². The molecule has 1 aliphatic heterocycles. The van der Waals surface area contributed by atoms with E-state index in [1.54, 1.807) is 13.1 Å². The number of carbonyl (C=O) groups is 1. The van der Waals surface area contributed by atoms with Crippen molar-refractivity contribution < 1.29 is 9.53 Å². The molecule has 1 aromatic heterocycles. The van der Waals surface area contributed by atoms with E-state index in [1.807, 2.05) is 12.1 Å². The van der Waals surface area contributed by atoms with Crippen molar-refractivity contribution in [3.05, 3.63) is 29.0 Å². The molecule has 6 nitrogen and oxygen atoms in total. The van der Waals surface area contributed by atoms with E-state index < -0.39 is 11.5 Å². The molecular formula is C19H27ClN4O2. The maximum absolute atomic E-state index is 9.68. The predicted octanol–water partition coefficient (Wildman–Crippen LogP) is 3.64. The van der Waals surface area contributed by atoms with Crippen LogP contribution < -0.4 is 5.73 Å². The summed E-state index contributed by atoms with van der Waals surface area (Å²) < 4.78 is 4.18. The average molecular weight is 379 g/mol. The smallest absolute Gasteiger partial charge is 0.404 e. The van der Waals surface area contributed by atoms with Crippen LogP contribution in [0.1, 0.15) is 51.1 Å². The topological polar surface area (TPSA) is 92.2 Å². The first-order valence-corrected chi connectivity index (χ1v) is 9.58. The van der Waals surface area contributed by atoms with Gasteiger partial charge in [-0.1, -0.05) is 11.6 Å². The van der Waals surface area contributed by atoms with Crippen molar-refractivity contribution >= 4 is 17.7 Å². The molecule has 0 unspecified atom stereocenters. The number of rotatable bonds is 3. The van der Waals surface area contributed by atoms with Gasteiger partial charge >= 0.3 is 6.09 Å². The molecule has 142 valence electrons. The molecule has 2 heterocycles. The van der Waals surface area contributed by atoms with Gasteiger partial charge in [-0.25, -0.2) is 4.79 Å². The second-order valence-corrected chi connectivity index (χ2v) is 7.22. The molecule has 0 aromatic carbocycles. The predicted molar refractivity (Wildman–Crippen MR) is 101 cm³/mol. The number of likely N-dealkylation sites (tertiary alicyclic amines) is 1. The molecule has 1 aliphatic carbocycles. The van der Waals surface area contributed by atoms with E-state index in [4.69, 9.17) is 11.6 Å². The highest BCUT2D eigenvalue weighted by Gasteiger charge is 2.40. The minimum absolute atomic E-state index is 0.356. The Balaban J connectivity index is 0.000000352. The van der Waals surface area contributed by atoms with Crippen LogP contribution in [-0.2, 0) is 10.2 Å². The maximum Gasteiger partial charge on any atom is 0.404 e. The van der Waals surface area contributed by atoms with Crippen molar-refractivity contribution in [3.8, 4) is 6.07 Å². The zero-order valence-corrected chi connectivity index (χ0v) is 16.0. The van der Waals surface area contributed by atoms with Crippen LogP contribution in [0, 0.1) is 11.3 Å². The number of aromatic nitrogens is 1. The van der Waals surface area contributed by atoms with Gasteiger partial charge in [0.25, 0.3) is 0 Å². The van der Waals surface area contributed by atoms with Crippen molar-refractivity contribution in [3.63, 3.8) is 0 Å². The number of nitrogens with zero attached hydrogens (tertiary/aromatic N) is 3. The summed E-state index contributed by atoms with van der Waals surface area (Å²) in [6.07, 6.45) is 7.66. The van der Waals surface area contributed by atoms with Crippen LogP contribution in [-0.4, -0.2) is 41.7 Å². The van der Waals surface area contributed by atoms with Crippen LogP contribution >= 0.6 is 11.6 Å². The van der Waals surface area contributed by atoms with E-state index in [2.05, 4.69) is 26.4 Å². The number of halogens is 1. The van der Waals surface area contributed by atoms with Crippen molar-refractivity contribution in [1.82, 2.24) is 9.88 Å². The van der Waals surface area contributed by atoms with Gasteiger partial charge in [0.15, 0.2) is 0 Å². The summed E-state index contributed by atoms with van der Waals surface area (Å²) in [5, 5.41) is 10.3. The molecular weight excluding hydrogens is 352 g/mol. The molecule has 7 heteroatoms. The third kappa shape index (κ3) is 5.33. The van der Waals surface area contributed by atoms with Crippen molar-refractivity contribution in [2.24, 2.45) is 5.73 Å². The Labute approximate surface area is 160 Å². The largest absolute Gasteiger partial charge is 0.450 e. The molecule has 0 atom stereocenters. The summed E-state index contributed by atoms with van der Waals surface area (Å²) in [6.45, 7) is 4.53. The zero-order chi connectivity index (χ0) is 19.0. The van der Waals surface area contributed by atoms with Crippen molar-refractivity contribution in [1.29, 1.82) is 5.26 Å². The summed E-state index contributed by atoms with van der Waals surface area (Å²) in [4.78, 5) is 16.6. The molecule has 2 N–H and O–H groups in total. The zero-order valence-electron chi connectivity index (χ0n) is 15.3. The number of pyridine rings is 1. The standard InChI is InChI=1S/C16H20ClN3.C3H7NO2/c17-13-3-4-15(19-11-13)16(12-18)7-5-14(6-8-16)20-9-1-2-10-20;1-2-6-3(4)5/h3-4,11,14H,1-2,5-10H2;2H2,1H3,(H2,4,5). The quantitative estimate of drug-likeness (QED) is 0.866. The Morgan fingerprint density at radius 3 is 2.50 bits per heavy atom. The lowest BCUT2D eigenvalue weighted by Crippen LogP contribution is -2.41. The second kappa shape index (κ2) is 9.75. The maximum atomic E-state index is 9.68. The average Bonchev–Trinajstić information content (AvgIpc) is 3.17. The first-order chi connectivity index (χ1) is 12.5. The first-order valence-electron chi connectivity index (χ1n) is 9.20. The van der Waals surface area contributed by atoms with Gasteiger partial charge in [0, 0.05) is 12.2 Å². The van der Waals surface area contributed by atoms with E-state index >= 15 is 0 Å². The van der Waals surface area contributed by atoms with Gasteiger partial charge in [0.2, 0.25) is 0 Å². The van der Waals surface area contributed by atoms with Crippen LogP contribution in [0.3, 0.4) is 0 Å². The molecule has 2 aliphatic rings. The fraction of sp³-hybridized carbons (Fsp3) is 0.632. The fourth-order valence-electron chi connectivity index (χ4n) is 3.79. The Bertz CT molecular complexity index is 615. The molecule has 3 rings (SSSR count). The van der Waals surface area contributed by atoms with Crippen LogP contribution in [0.5, 0.6) is 0 Å². The summed E-state index contributed by atoms with van der Waals surface area (Å²) in [5.41, 5.74) is 5.03. The van der Waals surface area contributed by atoms with Crippen LogP contribution in [0.25, 0.3) is 0 Å². The third-order valence-corrected chi connectivity index (χ3v) is 5.41. The lowest BCUT2D eigenvalue weighted by atomic mass is 9.71. The number of hydrogen-bond donors (Lipinski definition) is 1. The number of primary amides is 1. The van der Waals surface area contributed by atoms with E-state index in [0.717, 1.165) is 31.4 Å². The highest BCUT2D eigenvalue weighted by atomic mass is 35.5. The van der Waals surface area contributed by atoms with E-state index in [-0.39, 0.29) is 0 Å². The number of nitriles is 1. The molecule has 0 bridgehead atoms. The lowest BCUT2D eigenvalue weighted by Gasteiger charge is -2.38. The van der Waals surface area contributed by atoms with Gasteiger partial charge in [-0.3, -0.25) is 4.98 Å². The minimum atomic E-state index is -0.711. The van der Waals surface area contributed by atoms with Crippen molar-refractivity contribution in [2.45, 2.75) is 56.9 Å². The highest BCUT2D eigenvalue weighted by Crippen LogP contribution is 2.40. The molecule has 0 radical (unpaired) electrons. The fourth-order valence-corrected chi connectivity index (χ4v) is 3.91. The van der Waals surface area contributed by atoms with Crippen molar-refractivity contribution in [2.75, 3.05) is 19.7 Å². The molecule has 1 amide bonds. The summed E-state index contributed by atoms with van der Waals surface area (Å²) >= 11 is 5.90. The van der Waals surface area contributed by atoms with Crippen LogP contribution in [0.4, 0.5) is 4.79 Å². The monoisotopic (exact) mass is 378 g/mol. The van der Waals surface area contributed by atoms with Gasteiger partial charge in [-0.15, -0.1) is 0 Å². The summed E-state index contributed by atoms with van der Waals surface area (Å²) in [7, 11) is 0.